The van der Waals surface area contributed by atoms with Gasteiger partial charge in [-0.15, -0.1) is 0 Å². The van der Waals surface area contributed by atoms with Gasteiger partial charge in [0.05, 0.1) is 5.56 Å². The van der Waals surface area contributed by atoms with E-state index >= 15 is 0 Å². The number of benzene rings is 1. The maximum Gasteiger partial charge on any atom is 0.324 e. The van der Waals surface area contributed by atoms with Crippen LogP contribution >= 0.6 is 0 Å². The molecule has 11 heteroatoms. The first-order chi connectivity index (χ1) is 18.0. The van der Waals surface area contributed by atoms with Crippen molar-refractivity contribution < 1.29 is 9.59 Å². The standard InChI is InChI=1S/C26H29N9O2/c1-17-5-4-6-21(31-17)33-26(37)32-19-9-7-18(8-10-19)22-20(15-35-23(22)24(27)29-16-30-35)25(36)28-11-14-34-12-2-3-13-34/h4-10,15-16H,2-3,11-14H2,1H3,(H,28,36)(H2,27,29,30)(H2,31,32,33,37). The van der Waals surface area contributed by atoms with Gasteiger partial charge in [0.2, 0.25) is 0 Å². The number of nitrogens with zero attached hydrogens (tertiary/aromatic N) is 5. The summed E-state index contributed by atoms with van der Waals surface area (Å²) in [7, 11) is 0. The van der Waals surface area contributed by atoms with Crippen molar-refractivity contribution in [2.24, 2.45) is 0 Å². The Bertz CT molecular complexity index is 1430. The Kier molecular flexibility index (Phi) is 6.95. The van der Waals surface area contributed by atoms with Crippen molar-refractivity contribution in [2.45, 2.75) is 19.8 Å². The summed E-state index contributed by atoms with van der Waals surface area (Å²) in [5.41, 5.74) is 9.97. The summed E-state index contributed by atoms with van der Waals surface area (Å²) in [5, 5.41) is 12.8. The predicted molar refractivity (Wildman–Crippen MR) is 142 cm³/mol. The van der Waals surface area contributed by atoms with Gasteiger partial charge in [-0.2, -0.15) is 5.10 Å². The number of nitrogen functional groups attached to an aromatic ring is 1. The van der Waals surface area contributed by atoms with Gasteiger partial charge in [-0.3, -0.25) is 10.1 Å². The number of carbonyl (C=O) groups is 2. The Morgan fingerprint density at radius 3 is 2.59 bits per heavy atom. The molecule has 5 rings (SSSR count). The van der Waals surface area contributed by atoms with Crippen molar-refractivity contribution in [1.82, 2.24) is 29.8 Å². The Balaban J connectivity index is 1.35. The number of rotatable bonds is 7. The molecule has 1 aliphatic heterocycles. The number of fused-ring (bicyclic) bond motifs is 1. The molecule has 190 valence electrons. The molecular formula is C26H29N9O2. The second-order valence-electron chi connectivity index (χ2n) is 8.98. The molecule has 1 fully saturated rings. The average Bonchev–Trinajstić information content (AvgIpc) is 3.53. The summed E-state index contributed by atoms with van der Waals surface area (Å²) in [4.78, 5) is 36.3. The molecular weight excluding hydrogens is 470 g/mol. The van der Waals surface area contributed by atoms with Crippen molar-refractivity contribution >= 4 is 34.8 Å². The molecule has 1 aromatic carbocycles. The van der Waals surface area contributed by atoms with E-state index in [9.17, 15) is 9.59 Å². The van der Waals surface area contributed by atoms with Crippen LogP contribution in [-0.2, 0) is 0 Å². The van der Waals surface area contributed by atoms with Gasteiger partial charge in [0.25, 0.3) is 5.91 Å². The summed E-state index contributed by atoms with van der Waals surface area (Å²) >= 11 is 0. The smallest absolute Gasteiger partial charge is 0.324 e. The zero-order chi connectivity index (χ0) is 25.8. The maximum absolute atomic E-state index is 13.2. The average molecular weight is 500 g/mol. The van der Waals surface area contributed by atoms with Crippen molar-refractivity contribution in [3.05, 3.63) is 66.2 Å². The molecule has 11 nitrogen and oxygen atoms in total. The number of likely N-dealkylation sites (tertiary alicyclic amines) is 1. The minimum Gasteiger partial charge on any atom is -0.382 e. The predicted octanol–water partition coefficient (Wildman–Crippen LogP) is 3.15. The number of hydrogen-bond acceptors (Lipinski definition) is 7. The minimum absolute atomic E-state index is 0.202. The van der Waals surface area contributed by atoms with Crippen LogP contribution in [0.4, 0.5) is 22.1 Å². The molecule has 3 aromatic heterocycles. The molecule has 5 N–H and O–H groups in total. The van der Waals surface area contributed by atoms with Crippen molar-refractivity contribution in [2.75, 3.05) is 42.5 Å². The fourth-order valence-electron chi connectivity index (χ4n) is 4.54. The fraction of sp³-hybridized carbons (Fsp3) is 0.269. The Morgan fingerprint density at radius 2 is 1.84 bits per heavy atom. The monoisotopic (exact) mass is 499 g/mol. The van der Waals surface area contributed by atoms with Gasteiger partial charge in [0, 0.05) is 36.2 Å². The molecule has 37 heavy (non-hydrogen) atoms. The van der Waals surface area contributed by atoms with Crippen molar-refractivity contribution in [1.29, 1.82) is 0 Å². The Labute approximate surface area is 214 Å². The van der Waals surface area contributed by atoms with Gasteiger partial charge in [0.1, 0.15) is 17.7 Å². The lowest BCUT2D eigenvalue weighted by molar-refractivity contribution is 0.0950. The minimum atomic E-state index is -0.407. The van der Waals surface area contributed by atoms with Gasteiger partial charge in [0.15, 0.2) is 5.82 Å². The molecule has 0 spiro atoms. The highest BCUT2D eigenvalue weighted by molar-refractivity contribution is 6.07. The summed E-state index contributed by atoms with van der Waals surface area (Å²) in [6.45, 7) is 5.37. The summed E-state index contributed by atoms with van der Waals surface area (Å²) in [5.74, 6) is 0.532. The number of aromatic nitrogens is 4. The quantitative estimate of drug-likeness (QED) is 0.306. The number of nitrogens with two attached hydrogens (primary N) is 1. The topological polar surface area (TPSA) is 143 Å². The van der Waals surface area contributed by atoms with Crippen molar-refractivity contribution in [3.63, 3.8) is 0 Å². The van der Waals surface area contributed by atoms with E-state index in [-0.39, 0.29) is 11.7 Å². The highest BCUT2D eigenvalue weighted by Gasteiger charge is 2.22. The lowest BCUT2D eigenvalue weighted by Gasteiger charge is -2.15. The third-order valence-electron chi connectivity index (χ3n) is 6.32. The van der Waals surface area contributed by atoms with E-state index in [4.69, 9.17) is 5.73 Å². The van der Waals surface area contributed by atoms with Gasteiger partial charge in [-0.1, -0.05) is 18.2 Å². The van der Waals surface area contributed by atoms with Crippen LogP contribution in [0.25, 0.3) is 16.6 Å². The van der Waals surface area contributed by atoms with Crippen LogP contribution in [-0.4, -0.2) is 62.6 Å². The van der Waals surface area contributed by atoms with Crippen LogP contribution in [0, 0.1) is 6.92 Å². The number of nitrogens with one attached hydrogen (secondary N) is 3. The second kappa shape index (κ2) is 10.6. The van der Waals surface area contributed by atoms with Gasteiger partial charge in [-0.05, 0) is 62.7 Å². The van der Waals surface area contributed by atoms with Crippen LogP contribution in [0.1, 0.15) is 28.9 Å². The molecule has 0 aliphatic carbocycles. The van der Waals surface area contributed by atoms with Crippen LogP contribution in [0.15, 0.2) is 55.0 Å². The molecule has 0 radical (unpaired) electrons. The molecule has 1 aliphatic rings. The summed E-state index contributed by atoms with van der Waals surface area (Å²) in [6.07, 6.45) is 5.44. The molecule has 4 aromatic rings. The zero-order valence-electron chi connectivity index (χ0n) is 20.6. The number of aryl methyl sites for hydroxylation is 1. The molecule has 0 unspecified atom stereocenters. The van der Waals surface area contributed by atoms with Gasteiger partial charge < -0.3 is 21.3 Å². The Hall–Kier alpha value is -4.51. The number of amides is 3. The number of urea groups is 1. The normalized spacial score (nSPS) is 13.5. The van der Waals surface area contributed by atoms with Crippen LogP contribution in [0.5, 0.6) is 0 Å². The van der Waals surface area contributed by atoms with Crippen molar-refractivity contribution in [3.8, 4) is 11.1 Å². The number of anilines is 3. The molecule has 0 saturated carbocycles. The zero-order valence-corrected chi connectivity index (χ0v) is 20.6. The van der Waals surface area contributed by atoms with E-state index in [2.05, 4.69) is 35.9 Å². The largest absolute Gasteiger partial charge is 0.382 e. The molecule has 1 saturated heterocycles. The van der Waals surface area contributed by atoms with E-state index in [0.717, 1.165) is 30.9 Å². The van der Waals surface area contributed by atoms with Crippen LogP contribution in [0.3, 0.4) is 0 Å². The maximum atomic E-state index is 13.2. The third-order valence-corrected chi connectivity index (χ3v) is 6.32. The second-order valence-corrected chi connectivity index (χ2v) is 8.98. The first-order valence-corrected chi connectivity index (χ1v) is 12.2. The number of pyridine rings is 1. The van der Waals surface area contributed by atoms with E-state index in [1.165, 1.54) is 19.2 Å². The first-order valence-electron chi connectivity index (χ1n) is 12.2. The molecule has 3 amide bonds. The third kappa shape index (κ3) is 5.51. The Morgan fingerprint density at radius 1 is 1.05 bits per heavy atom. The highest BCUT2D eigenvalue weighted by Crippen LogP contribution is 2.33. The van der Waals surface area contributed by atoms with E-state index in [1.54, 1.807) is 28.9 Å². The van der Waals surface area contributed by atoms with Crippen LogP contribution in [0.2, 0.25) is 0 Å². The number of carbonyl (C=O) groups excluding carboxylic acids is 2. The van der Waals surface area contributed by atoms with E-state index in [1.807, 2.05) is 31.2 Å². The fourth-order valence-corrected chi connectivity index (χ4v) is 4.54. The highest BCUT2D eigenvalue weighted by atomic mass is 16.2. The number of hydrogen-bond donors (Lipinski definition) is 4. The van der Waals surface area contributed by atoms with Gasteiger partial charge in [-0.25, -0.2) is 19.3 Å². The first kappa shape index (κ1) is 24.2. The summed E-state index contributed by atoms with van der Waals surface area (Å²) < 4.78 is 1.57. The molecule has 4 heterocycles. The van der Waals surface area contributed by atoms with Gasteiger partial charge >= 0.3 is 6.03 Å². The summed E-state index contributed by atoms with van der Waals surface area (Å²) in [6, 6.07) is 12.2. The molecule has 0 atom stereocenters. The lowest BCUT2D eigenvalue weighted by atomic mass is 10.0. The van der Waals surface area contributed by atoms with E-state index < -0.39 is 6.03 Å². The van der Waals surface area contributed by atoms with Crippen LogP contribution < -0.4 is 21.7 Å². The lowest BCUT2D eigenvalue weighted by Crippen LogP contribution is -2.33. The van der Waals surface area contributed by atoms with E-state index in [0.29, 0.717) is 34.7 Å². The SMILES string of the molecule is Cc1cccc(NC(=O)Nc2ccc(-c3c(C(=O)NCCN4CCCC4)cn4ncnc(N)c34)cc2)n1. The molecule has 0 bridgehead atoms.